The molecule has 7 nitrogen and oxygen atoms in total. The van der Waals surface area contributed by atoms with E-state index in [2.05, 4.69) is 4.90 Å². The monoisotopic (exact) mass is 319 g/mol. The molecule has 2 heterocycles. The number of piperidine rings is 1. The van der Waals surface area contributed by atoms with Gasteiger partial charge in [0.05, 0.1) is 5.92 Å². The Morgan fingerprint density at radius 2 is 1.86 bits per heavy atom. The zero-order chi connectivity index (χ0) is 15.6. The SMILES string of the molecule is CN1CCC(CN(C)S(=O)(=O)N2CCC(C(=O)O)CC2)C1. The number of nitrogens with zero attached hydrogens (tertiary/aromatic N) is 3. The Labute approximate surface area is 126 Å². The minimum atomic E-state index is -3.46. The molecule has 0 radical (unpaired) electrons. The van der Waals surface area contributed by atoms with Gasteiger partial charge in [0.25, 0.3) is 10.2 Å². The molecular formula is C13H25N3O4S. The molecule has 2 rings (SSSR count). The van der Waals surface area contributed by atoms with Crippen molar-refractivity contribution in [2.24, 2.45) is 11.8 Å². The molecule has 2 aliphatic rings. The quantitative estimate of drug-likeness (QED) is 0.766. The molecule has 2 saturated heterocycles. The first-order valence-electron chi connectivity index (χ1n) is 7.43. The first kappa shape index (κ1) is 16.7. The summed E-state index contributed by atoms with van der Waals surface area (Å²) in [6, 6.07) is 0. The largest absolute Gasteiger partial charge is 0.481 e. The van der Waals surface area contributed by atoms with Crippen LogP contribution in [0.3, 0.4) is 0 Å². The molecule has 0 amide bonds. The van der Waals surface area contributed by atoms with E-state index in [1.807, 2.05) is 7.05 Å². The predicted molar refractivity (Wildman–Crippen MR) is 79.1 cm³/mol. The molecule has 0 spiro atoms. The summed E-state index contributed by atoms with van der Waals surface area (Å²) in [6.07, 6.45) is 1.82. The molecule has 21 heavy (non-hydrogen) atoms. The van der Waals surface area contributed by atoms with Crippen molar-refractivity contribution in [2.75, 3.05) is 46.8 Å². The zero-order valence-electron chi connectivity index (χ0n) is 12.7. The molecule has 8 heteroatoms. The summed E-state index contributed by atoms with van der Waals surface area (Å²) in [5.74, 6) is -0.856. The highest BCUT2D eigenvalue weighted by Crippen LogP contribution is 2.23. The lowest BCUT2D eigenvalue weighted by Crippen LogP contribution is -2.47. The standard InChI is InChI=1S/C13H25N3O4S/c1-14-6-3-11(9-14)10-15(2)21(19,20)16-7-4-12(5-8-16)13(17)18/h11-12H,3-10H2,1-2H3,(H,17,18). The van der Waals surface area contributed by atoms with Crippen molar-refractivity contribution in [3.05, 3.63) is 0 Å². The normalized spacial score (nSPS) is 26.5. The molecule has 0 aromatic rings. The molecule has 0 saturated carbocycles. The van der Waals surface area contributed by atoms with Gasteiger partial charge in [-0.15, -0.1) is 0 Å². The topological polar surface area (TPSA) is 81.2 Å². The third-order valence-corrected chi connectivity index (χ3v) is 6.48. The molecule has 0 aliphatic carbocycles. The van der Waals surface area contributed by atoms with Gasteiger partial charge < -0.3 is 10.0 Å². The Bertz CT molecular complexity index is 474. The van der Waals surface area contributed by atoms with Crippen LogP contribution in [0.5, 0.6) is 0 Å². The van der Waals surface area contributed by atoms with Crippen molar-refractivity contribution in [2.45, 2.75) is 19.3 Å². The molecular weight excluding hydrogens is 294 g/mol. The first-order chi connectivity index (χ1) is 9.80. The Kier molecular flexibility index (Phi) is 5.24. The van der Waals surface area contributed by atoms with Crippen LogP contribution in [0.2, 0.25) is 0 Å². The maximum Gasteiger partial charge on any atom is 0.306 e. The zero-order valence-corrected chi connectivity index (χ0v) is 13.5. The van der Waals surface area contributed by atoms with E-state index in [9.17, 15) is 13.2 Å². The fourth-order valence-electron chi connectivity index (χ4n) is 3.16. The van der Waals surface area contributed by atoms with Crippen molar-refractivity contribution >= 4 is 16.2 Å². The second kappa shape index (κ2) is 6.60. The van der Waals surface area contributed by atoms with Gasteiger partial charge in [-0.05, 0) is 38.8 Å². The van der Waals surface area contributed by atoms with Crippen LogP contribution in [0.15, 0.2) is 0 Å². The van der Waals surface area contributed by atoms with Crippen molar-refractivity contribution < 1.29 is 18.3 Å². The smallest absolute Gasteiger partial charge is 0.306 e. The number of likely N-dealkylation sites (tertiary alicyclic amines) is 1. The Balaban J connectivity index is 1.90. The number of aliphatic carboxylic acids is 1. The van der Waals surface area contributed by atoms with E-state index in [-0.39, 0.29) is 0 Å². The molecule has 2 aliphatic heterocycles. The van der Waals surface area contributed by atoms with Crippen molar-refractivity contribution in [1.82, 2.24) is 13.5 Å². The summed E-state index contributed by atoms with van der Waals surface area (Å²) >= 11 is 0. The molecule has 0 aromatic carbocycles. The predicted octanol–water partition coefficient (Wildman–Crippen LogP) is -0.0887. The Morgan fingerprint density at radius 3 is 2.33 bits per heavy atom. The number of carbonyl (C=O) groups is 1. The van der Waals surface area contributed by atoms with Crippen LogP contribution in [0.1, 0.15) is 19.3 Å². The van der Waals surface area contributed by atoms with Gasteiger partial charge in [-0.3, -0.25) is 4.79 Å². The highest BCUT2D eigenvalue weighted by Gasteiger charge is 2.34. The van der Waals surface area contributed by atoms with Gasteiger partial charge in [0.1, 0.15) is 0 Å². The van der Waals surface area contributed by atoms with Gasteiger partial charge in [0, 0.05) is 33.2 Å². The number of hydrogen-bond acceptors (Lipinski definition) is 4. The van der Waals surface area contributed by atoms with Crippen LogP contribution in [0.4, 0.5) is 0 Å². The highest BCUT2D eigenvalue weighted by atomic mass is 32.2. The van der Waals surface area contributed by atoms with Gasteiger partial charge in [0.15, 0.2) is 0 Å². The number of rotatable bonds is 5. The Hall–Kier alpha value is -0.700. The molecule has 0 bridgehead atoms. The van der Waals surface area contributed by atoms with Gasteiger partial charge in [-0.25, -0.2) is 0 Å². The van der Waals surface area contributed by atoms with E-state index >= 15 is 0 Å². The van der Waals surface area contributed by atoms with E-state index in [0.29, 0.717) is 38.4 Å². The molecule has 1 unspecified atom stereocenters. The average Bonchev–Trinajstić information content (AvgIpc) is 2.84. The van der Waals surface area contributed by atoms with Crippen LogP contribution in [-0.2, 0) is 15.0 Å². The number of carboxylic acid groups (broad SMARTS) is 1. The first-order valence-corrected chi connectivity index (χ1v) is 8.83. The Morgan fingerprint density at radius 1 is 1.24 bits per heavy atom. The third-order valence-electron chi connectivity index (χ3n) is 4.53. The molecule has 0 aromatic heterocycles. The molecule has 2 fully saturated rings. The van der Waals surface area contributed by atoms with E-state index < -0.39 is 22.1 Å². The van der Waals surface area contributed by atoms with Crippen molar-refractivity contribution in [1.29, 1.82) is 0 Å². The summed E-state index contributed by atoms with van der Waals surface area (Å²) < 4.78 is 27.9. The second-order valence-corrected chi connectivity index (χ2v) is 8.25. The van der Waals surface area contributed by atoms with Crippen LogP contribution in [0, 0.1) is 11.8 Å². The van der Waals surface area contributed by atoms with Gasteiger partial charge in [-0.2, -0.15) is 17.0 Å². The van der Waals surface area contributed by atoms with E-state index in [0.717, 1.165) is 19.5 Å². The summed E-state index contributed by atoms with van der Waals surface area (Å²) in [5, 5.41) is 8.97. The lowest BCUT2D eigenvalue weighted by Gasteiger charge is -2.33. The molecule has 122 valence electrons. The lowest BCUT2D eigenvalue weighted by atomic mass is 9.99. The van der Waals surface area contributed by atoms with Gasteiger partial charge >= 0.3 is 5.97 Å². The van der Waals surface area contributed by atoms with Crippen LogP contribution >= 0.6 is 0 Å². The van der Waals surface area contributed by atoms with E-state index in [1.165, 1.54) is 8.61 Å². The fraction of sp³-hybridized carbons (Fsp3) is 0.923. The number of hydrogen-bond donors (Lipinski definition) is 1. The maximum absolute atomic E-state index is 12.5. The third kappa shape index (κ3) is 3.94. The van der Waals surface area contributed by atoms with Crippen LogP contribution in [0.25, 0.3) is 0 Å². The van der Waals surface area contributed by atoms with Crippen LogP contribution in [-0.4, -0.2) is 79.8 Å². The summed E-state index contributed by atoms with van der Waals surface area (Å²) in [4.78, 5) is 13.1. The average molecular weight is 319 g/mol. The highest BCUT2D eigenvalue weighted by molar-refractivity contribution is 7.86. The summed E-state index contributed by atoms with van der Waals surface area (Å²) in [6.45, 7) is 3.08. The van der Waals surface area contributed by atoms with Crippen molar-refractivity contribution in [3.8, 4) is 0 Å². The van der Waals surface area contributed by atoms with E-state index in [1.54, 1.807) is 7.05 Å². The van der Waals surface area contributed by atoms with Gasteiger partial charge in [0.2, 0.25) is 0 Å². The fourth-order valence-corrected chi connectivity index (χ4v) is 4.63. The minimum Gasteiger partial charge on any atom is -0.481 e. The molecule has 1 N–H and O–H groups in total. The second-order valence-electron chi connectivity index (χ2n) is 6.22. The summed E-state index contributed by atoms with van der Waals surface area (Å²) in [7, 11) is 0.208. The molecule has 1 atom stereocenters. The van der Waals surface area contributed by atoms with Gasteiger partial charge in [-0.1, -0.05) is 0 Å². The van der Waals surface area contributed by atoms with E-state index in [4.69, 9.17) is 5.11 Å². The number of carboxylic acids is 1. The summed E-state index contributed by atoms with van der Waals surface area (Å²) in [5.41, 5.74) is 0. The minimum absolute atomic E-state index is 0.300. The van der Waals surface area contributed by atoms with Crippen molar-refractivity contribution in [3.63, 3.8) is 0 Å². The lowest BCUT2D eigenvalue weighted by molar-refractivity contribution is -0.142. The van der Waals surface area contributed by atoms with Crippen LogP contribution < -0.4 is 0 Å². The maximum atomic E-state index is 12.5.